The summed E-state index contributed by atoms with van der Waals surface area (Å²) < 4.78 is 3.97. The Labute approximate surface area is 99.3 Å². The second-order valence-corrected chi connectivity index (χ2v) is 5.18. The normalized spacial score (nSPS) is 10.3. The molecule has 0 nitrogen and oxygen atoms in total. The number of halogens is 4. The van der Waals surface area contributed by atoms with Crippen molar-refractivity contribution in [3.8, 4) is 0 Å². The van der Waals surface area contributed by atoms with E-state index in [-0.39, 0.29) is 0 Å². The van der Waals surface area contributed by atoms with Crippen molar-refractivity contribution in [2.45, 2.75) is 6.92 Å². The zero-order chi connectivity index (χ0) is 8.59. The summed E-state index contributed by atoms with van der Waals surface area (Å²) >= 11 is 13.7. The van der Waals surface area contributed by atoms with Gasteiger partial charge in [-0.2, -0.15) is 0 Å². The molecule has 59 valence electrons. The van der Waals surface area contributed by atoms with Crippen LogP contribution in [0.25, 0.3) is 0 Å². The predicted molar refractivity (Wildman–Crippen MR) is 60.8 cm³/mol. The molecule has 0 saturated heterocycles. The standard InChI is InChI=1S/C7H3Br4/c1-3-2-4(8)6(10)7(11)5(3)9/h1H3. The van der Waals surface area contributed by atoms with Gasteiger partial charge in [0.1, 0.15) is 0 Å². The monoisotopic (exact) mass is 403 g/mol. The number of rotatable bonds is 0. The maximum absolute atomic E-state index is 3.44. The number of hydrogen-bond acceptors (Lipinski definition) is 0. The van der Waals surface area contributed by atoms with Crippen molar-refractivity contribution in [1.82, 2.24) is 0 Å². The van der Waals surface area contributed by atoms with E-state index >= 15 is 0 Å². The van der Waals surface area contributed by atoms with Gasteiger partial charge in [0.25, 0.3) is 0 Å². The van der Waals surface area contributed by atoms with Gasteiger partial charge in [0.05, 0.1) is 0 Å². The van der Waals surface area contributed by atoms with E-state index in [0.29, 0.717) is 0 Å². The van der Waals surface area contributed by atoms with Gasteiger partial charge in [-0.15, -0.1) is 0 Å². The van der Waals surface area contributed by atoms with E-state index in [1.807, 2.05) is 6.92 Å². The van der Waals surface area contributed by atoms with Crippen LogP contribution in [0.2, 0.25) is 0 Å². The Morgan fingerprint density at radius 2 is 1.45 bits per heavy atom. The molecular formula is C7H3Br4. The third-order valence-electron chi connectivity index (χ3n) is 1.20. The van der Waals surface area contributed by atoms with Crippen molar-refractivity contribution in [1.29, 1.82) is 0 Å². The highest BCUT2D eigenvalue weighted by molar-refractivity contribution is 9.15. The predicted octanol–water partition coefficient (Wildman–Crippen LogP) is 4.85. The summed E-state index contributed by atoms with van der Waals surface area (Å²) in [5, 5.41) is 0. The van der Waals surface area contributed by atoms with E-state index in [0.717, 1.165) is 23.5 Å². The first-order chi connectivity index (χ1) is 5.04. The van der Waals surface area contributed by atoms with E-state index in [9.17, 15) is 0 Å². The molecule has 0 aromatic heterocycles. The number of benzene rings is 1. The highest BCUT2D eigenvalue weighted by Crippen LogP contribution is 2.37. The molecule has 0 saturated carbocycles. The molecule has 0 N–H and O–H groups in total. The van der Waals surface area contributed by atoms with Gasteiger partial charge in [-0.1, -0.05) is 0 Å². The third kappa shape index (κ3) is 2.08. The summed E-state index contributed by atoms with van der Waals surface area (Å²) in [6.45, 7) is 1.99. The molecular weight excluding hydrogens is 404 g/mol. The molecule has 1 aromatic rings. The second kappa shape index (κ2) is 3.90. The zero-order valence-corrected chi connectivity index (χ0v) is 11.9. The second-order valence-electron chi connectivity index (χ2n) is 2.01. The molecule has 0 aliphatic heterocycles. The molecule has 0 aliphatic carbocycles. The summed E-state index contributed by atoms with van der Waals surface area (Å²) in [5.41, 5.74) is 1.08. The fraction of sp³-hybridized carbons (Fsp3) is 0.143. The van der Waals surface area contributed by atoms with Crippen LogP contribution in [-0.2, 0) is 0 Å². The van der Waals surface area contributed by atoms with Gasteiger partial charge in [0, 0.05) is 24.0 Å². The van der Waals surface area contributed by atoms with Crippen LogP contribution in [-0.4, -0.2) is 0 Å². The molecule has 1 radical (unpaired) electrons. The Morgan fingerprint density at radius 3 is 2.00 bits per heavy atom. The molecule has 0 heterocycles. The molecule has 0 spiro atoms. The molecule has 0 amide bonds. The summed E-state index contributed by atoms with van der Waals surface area (Å²) in [7, 11) is 0. The minimum atomic E-state index is 0.935. The SMILES string of the molecule is Cc1[c]c(Br)c(Br)c(Br)c1Br. The minimum absolute atomic E-state index is 0.935. The highest BCUT2D eigenvalue weighted by Gasteiger charge is 2.08. The van der Waals surface area contributed by atoms with Crippen LogP contribution < -0.4 is 0 Å². The van der Waals surface area contributed by atoms with Gasteiger partial charge in [-0.05, 0) is 76.2 Å². The first kappa shape index (κ1) is 10.2. The highest BCUT2D eigenvalue weighted by atomic mass is 79.9. The van der Waals surface area contributed by atoms with Crippen LogP contribution in [0, 0.1) is 13.0 Å². The topological polar surface area (TPSA) is 0 Å². The Morgan fingerprint density at radius 1 is 0.909 bits per heavy atom. The summed E-state index contributed by atoms with van der Waals surface area (Å²) in [4.78, 5) is 0. The molecule has 0 atom stereocenters. The van der Waals surface area contributed by atoms with Crippen molar-refractivity contribution < 1.29 is 0 Å². The maximum Gasteiger partial charge on any atom is 0.0477 e. The fourth-order valence-corrected chi connectivity index (χ4v) is 2.75. The average molecular weight is 407 g/mol. The molecule has 0 fully saturated rings. The van der Waals surface area contributed by atoms with Crippen LogP contribution in [0.15, 0.2) is 17.9 Å². The smallest absolute Gasteiger partial charge is 0.0477 e. The number of aryl methyl sites for hydroxylation is 1. The maximum atomic E-state index is 3.44. The van der Waals surface area contributed by atoms with Gasteiger partial charge in [0.2, 0.25) is 0 Å². The summed E-state index contributed by atoms with van der Waals surface area (Å²) in [6.07, 6.45) is 0. The van der Waals surface area contributed by atoms with Gasteiger partial charge < -0.3 is 0 Å². The molecule has 1 aromatic carbocycles. The fourth-order valence-electron chi connectivity index (χ4n) is 0.632. The molecule has 4 heteroatoms. The first-order valence-corrected chi connectivity index (χ1v) is 5.93. The lowest BCUT2D eigenvalue weighted by atomic mass is 10.2. The van der Waals surface area contributed by atoms with E-state index in [4.69, 9.17) is 0 Å². The van der Waals surface area contributed by atoms with Crippen molar-refractivity contribution >= 4 is 63.7 Å². The van der Waals surface area contributed by atoms with E-state index in [2.05, 4.69) is 69.8 Å². The largest absolute Gasteiger partial charge is 0.0492 e. The van der Waals surface area contributed by atoms with E-state index in [1.165, 1.54) is 0 Å². The van der Waals surface area contributed by atoms with Gasteiger partial charge in [0.15, 0.2) is 0 Å². The Kier molecular flexibility index (Phi) is 3.62. The lowest BCUT2D eigenvalue weighted by Gasteiger charge is -2.04. The van der Waals surface area contributed by atoms with Crippen molar-refractivity contribution in [2.75, 3.05) is 0 Å². The quantitative estimate of drug-likeness (QED) is 0.427. The Balaban J connectivity index is 3.46. The van der Waals surface area contributed by atoms with Gasteiger partial charge >= 0.3 is 0 Å². The summed E-state index contributed by atoms with van der Waals surface area (Å²) in [5.74, 6) is 0. The molecule has 0 bridgehead atoms. The first-order valence-electron chi connectivity index (χ1n) is 2.76. The van der Waals surface area contributed by atoms with Gasteiger partial charge in [-0.25, -0.2) is 0 Å². The van der Waals surface area contributed by atoms with Crippen LogP contribution in [0.1, 0.15) is 5.56 Å². The van der Waals surface area contributed by atoms with Crippen LogP contribution in [0.3, 0.4) is 0 Å². The van der Waals surface area contributed by atoms with Crippen molar-refractivity contribution in [2.24, 2.45) is 0 Å². The van der Waals surface area contributed by atoms with Crippen molar-refractivity contribution in [3.63, 3.8) is 0 Å². The van der Waals surface area contributed by atoms with Crippen LogP contribution in [0.4, 0.5) is 0 Å². The van der Waals surface area contributed by atoms with Gasteiger partial charge in [-0.3, -0.25) is 0 Å². The average Bonchev–Trinajstić information content (AvgIpc) is 1.97. The van der Waals surface area contributed by atoms with Crippen molar-refractivity contribution in [3.05, 3.63) is 29.5 Å². The van der Waals surface area contributed by atoms with Crippen LogP contribution >= 0.6 is 63.7 Å². The molecule has 11 heavy (non-hydrogen) atoms. The van der Waals surface area contributed by atoms with E-state index < -0.39 is 0 Å². The lowest BCUT2D eigenvalue weighted by molar-refractivity contribution is 1.35. The van der Waals surface area contributed by atoms with Crippen LogP contribution in [0.5, 0.6) is 0 Å². The summed E-state index contributed by atoms with van der Waals surface area (Å²) in [6, 6.07) is 3.14. The Bertz CT molecular complexity index is 267. The molecule has 0 aliphatic rings. The minimum Gasteiger partial charge on any atom is -0.0492 e. The zero-order valence-electron chi connectivity index (χ0n) is 5.51. The molecule has 0 unspecified atom stereocenters. The Hall–Kier alpha value is 1.14. The molecule has 1 rings (SSSR count). The third-order valence-corrected chi connectivity index (χ3v) is 5.97. The van der Waals surface area contributed by atoms with E-state index in [1.54, 1.807) is 0 Å². The number of hydrogen-bond donors (Lipinski definition) is 0. The lowest BCUT2D eigenvalue weighted by Crippen LogP contribution is -1.81.